The van der Waals surface area contributed by atoms with Crippen LogP contribution in [0.2, 0.25) is 0 Å². The molecule has 0 aromatic heterocycles. The van der Waals surface area contributed by atoms with Gasteiger partial charge < -0.3 is 20.1 Å². The summed E-state index contributed by atoms with van der Waals surface area (Å²) in [4.78, 5) is 10.0. The van der Waals surface area contributed by atoms with Gasteiger partial charge in [0.2, 0.25) is 0 Å². The van der Waals surface area contributed by atoms with Gasteiger partial charge in [-0.3, -0.25) is 0 Å². The summed E-state index contributed by atoms with van der Waals surface area (Å²) in [6, 6.07) is 30.4. The third-order valence-electron chi connectivity index (χ3n) is 7.10. The molecule has 0 spiro atoms. The van der Waals surface area contributed by atoms with Crippen molar-refractivity contribution in [3.63, 3.8) is 0 Å². The molecule has 0 bridgehead atoms. The van der Waals surface area contributed by atoms with Gasteiger partial charge in [0.25, 0.3) is 0 Å². The number of rotatable bonds is 6. The highest BCUT2D eigenvalue weighted by Gasteiger charge is 2.15. The maximum absolute atomic E-state index is 5.28. The van der Waals surface area contributed by atoms with Crippen molar-refractivity contribution < 1.29 is 9.47 Å². The van der Waals surface area contributed by atoms with Crippen molar-refractivity contribution in [2.75, 3.05) is 24.9 Å². The van der Waals surface area contributed by atoms with Crippen LogP contribution >= 0.6 is 0 Å². The molecule has 0 atom stereocenters. The van der Waals surface area contributed by atoms with Gasteiger partial charge in [0.15, 0.2) is 0 Å². The van der Waals surface area contributed by atoms with Crippen LogP contribution in [-0.2, 0) is 0 Å². The first kappa shape index (κ1) is 31.5. The Bertz CT molecular complexity index is 1750. The summed E-state index contributed by atoms with van der Waals surface area (Å²) in [6.07, 6.45) is 0. The number of azo groups is 2. The molecule has 4 aromatic rings. The summed E-state index contributed by atoms with van der Waals surface area (Å²) in [5, 5.41) is 25.4. The van der Waals surface area contributed by atoms with Gasteiger partial charge in [-0.15, -0.1) is 10.2 Å². The molecule has 0 saturated carbocycles. The van der Waals surface area contributed by atoms with Gasteiger partial charge in [-0.1, -0.05) is 24.3 Å². The summed E-state index contributed by atoms with van der Waals surface area (Å²) in [7, 11) is 3.26. The zero-order valence-corrected chi connectivity index (χ0v) is 26.7. The minimum absolute atomic E-state index is 0.597. The number of methoxy groups -OCH3 is 2. The highest BCUT2D eigenvalue weighted by molar-refractivity contribution is 6.03. The average molecular weight is 613 g/mol. The fourth-order valence-corrected chi connectivity index (χ4v) is 4.69. The Morgan fingerprint density at radius 1 is 0.478 bits per heavy atom. The second kappa shape index (κ2) is 14.7. The number of hydrogen-bond donors (Lipinski definition) is 2. The van der Waals surface area contributed by atoms with E-state index in [2.05, 4.69) is 31.1 Å². The van der Waals surface area contributed by atoms with E-state index in [1.165, 1.54) is 0 Å². The molecule has 46 heavy (non-hydrogen) atoms. The van der Waals surface area contributed by atoms with Gasteiger partial charge in [0.05, 0.1) is 59.8 Å². The van der Waals surface area contributed by atoms with Crippen molar-refractivity contribution in [3.8, 4) is 11.5 Å². The van der Waals surface area contributed by atoms with Crippen LogP contribution in [0.1, 0.15) is 27.7 Å². The molecule has 10 heteroatoms. The van der Waals surface area contributed by atoms with Gasteiger partial charge in [0.1, 0.15) is 22.9 Å². The van der Waals surface area contributed by atoms with Crippen molar-refractivity contribution in [2.24, 2.45) is 30.4 Å². The smallest absolute Gasteiger partial charge is 0.126 e. The summed E-state index contributed by atoms with van der Waals surface area (Å²) in [5.74, 6) is 1.50. The number of hydrogen-bond acceptors (Lipinski definition) is 10. The number of aliphatic imine (C=N–C) groups is 2. The average Bonchev–Trinajstić information content (AvgIpc) is 3.07. The predicted molar refractivity (Wildman–Crippen MR) is 186 cm³/mol. The maximum atomic E-state index is 5.28. The van der Waals surface area contributed by atoms with E-state index in [-0.39, 0.29) is 0 Å². The lowest BCUT2D eigenvalue weighted by Crippen LogP contribution is -2.08. The Hall–Kier alpha value is -5.90. The van der Waals surface area contributed by atoms with Crippen molar-refractivity contribution in [1.82, 2.24) is 0 Å². The van der Waals surface area contributed by atoms with E-state index in [0.717, 1.165) is 45.6 Å². The lowest BCUT2D eigenvalue weighted by Gasteiger charge is -2.16. The van der Waals surface area contributed by atoms with Gasteiger partial charge in [-0.25, -0.2) is 9.98 Å². The molecule has 1 heterocycles. The van der Waals surface area contributed by atoms with Crippen LogP contribution in [-0.4, -0.2) is 25.6 Å². The van der Waals surface area contributed by atoms with Crippen LogP contribution < -0.4 is 20.1 Å². The molecule has 232 valence electrons. The quantitative estimate of drug-likeness (QED) is 0.211. The number of nitrogens with one attached hydrogen (secondary N) is 2. The van der Waals surface area contributed by atoms with E-state index in [0.29, 0.717) is 34.2 Å². The third kappa shape index (κ3) is 7.78. The Morgan fingerprint density at radius 2 is 0.848 bits per heavy atom. The van der Waals surface area contributed by atoms with E-state index in [9.17, 15) is 0 Å². The monoisotopic (exact) mass is 612 g/mol. The molecule has 0 radical (unpaired) electrons. The largest absolute Gasteiger partial charge is 0.497 e. The number of ether oxygens (including phenoxy) is 2. The van der Waals surface area contributed by atoms with Crippen LogP contribution in [0.3, 0.4) is 0 Å². The first-order valence-corrected chi connectivity index (χ1v) is 14.7. The molecule has 0 aliphatic carbocycles. The normalized spacial score (nSPS) is 17.3. The van der Waals surface area contributed by atoms with Crippen LogP contribution in [0.25, 0.3) is 0 Å². The number of para-hydroxylation sites is 4. The van der Waals surface area contributed by atoms with Crippen molar-refractivity contribution in [2.45, 2.75) is 27.7 Å². The Morgan fingerprint density at radius 3 is 1.22 bits per heavy atom. The Kier molecular flexibility index (Phi) is 10.1. The molecule has 0 fully saturated rings. The van der Waals surface area contributed by atoms with Crippen LogP contribution in [0.4, 0.5) is 34.1 Å². The second-order valence-corrected chi connectivity index (χ2v) is 10.4. The van der Waals surface area contributed by atoms with Crippen LogP contribution in [0.5, 0.6) is 11.5 Å². The molecular weight excluding hydrogens is 576 g/mol. The molecule has 10 nitrogen and oxygen atoms in total. The Balaban J connectivity index is 1.63. The zero-order valence-electron chi connectivity index (χ0n) is 26.7. The zero-order chi connectivity index (χ0) is 32.5. The van der Waals surface area contributed by atoms with Crippen molar-refractivity contribution in [3.05, 3.63) is 120 Å². The lowest BCUT2D eigenvalue weighted by atomic mass is 10.2. The molecule has 0 amide bonds. The summed E-state index contributed by atoms with van der Waals surface area (Å²) in [5.41, 5.74) is 8.46. The molecule has 1 aliphatic heterocycles. The number of anilines is 2. The Labute approximate surface area is 269 Å². The summed E-state index contributed by atoms with van der Waals surface area (Å²) in [6.45, 7) is 7.73. The first-order valence-electron chi connectivity index (χ1n) is 14.7. The highest BCUT2D eigenvalue weighted by Crippen LogP contribution is 2.32. The molecule has 0 saturated heterocycles. The van der Waals surface area contributed by atoms with Gasteiger partial charge >= 0.3 is 0 Å². The van der Waals surface area contributed by atoms with Crippen LogP contribution in [0, 0.1) is 0 Å². The second-order valence-electron chi connectivity index (χ2n) is 10.4. The fraction of sp³-hybridized carbons (Fsp3) is 0.167. The summed E-state index contributed by atoms with van der Waals surface area (Å²) < 4.78 is 10.6. The SMILES string of the molecule is COc1ccc(N=N/C2=C(\C)Nc3ccccc3N=C(C)/C(N=Nc3ccc(OC)cc3)=C(/C)Nc3ccccc3N=C2C)cc1. The van der Waals surface area contributed by atoms with E-state index >= 15 is 0 Å². The van der Waals surface area contributed by atoms with Gasteiger partial charge in [-0.05, 0) is 100 Å². The fourth-order valence-electron chi connectivity index (χ4n) is 4.69. The van der Waals surface area contributed by atoms with E-state index < -0.39 is 0 Å². The number of allylic oxidation sites excluding steroid dienone is 4. The molecule has 4 aromatic carbocycles. The van der Waals surface area contributed by atoms with E-state index in [1.807, 2.05) is 125 Å². The van der Waals surface area contributed by atoms with E-state index in [1.54, 1.807) is 14.2 Å². The number of fused-ring (bicyclic) bond motifs is 2. The standard InChI is InChI=1S/C36H36N8O2/c1-23-35(43-41-27-15-19-29(45-5)20-16-27)24(2)38-33-13-9-10-14-34(33)40-26(4)36(44-42-28-17-21-30(46-6)22-18-28)25(3)39-32-12-8-7-11-31(32)37-23/h7-22,37,40H,1-6H3/b35-23+,36-26+,38-24?,39-25?,43-41?,44-42?. The predicted octanol–water partition coefficient (Wildman–Crippen LogP) is 10.5. The molecule has 2 N–H and O–H groups in total. The molecule has 5 rings (SSSR count). The topological polar surface area (TPSA) is 117 Å². The van der Waals surface area contributed by atoms with Gasteiger partial charge in [0, 0.05) is 11.4 Å². The molecule has 1 aliphatic rings. The first-order chi connectivity index (χ1) is 22.3. The van der Waals surface area contributed by atoms with Crippen molar-refractivity contribution >= 4 is 45.5 Å². The highest BCUT2D eigenvalue weighted by atomic mass is 16.5. The minimum atomic E-state index is 0.597. The number of benzene rings is 4. The summed E-state index contributed by atoms with van der Waals surface area (Å²) >= 11 is 0. The maximum Gasteiger partial charge on any atom is 0.126 e. The van der Waals surface area contributed by atoms with E-state index in [4.69, 9.17) is 19.5 Å². The number of nitrogens with zero attached hydrogens (tertiary/aromatic N) is 6. The minimum Gasteiger partial charge on any atom is -0.497 e. The van der Waals surface area contributed by atoms with Gasteiger partial charge in [-0.2, -0.15) is 10.2 Å². The van der Waals surface area contributed by atoms with Crippen molar-refractivity contribution in [1.29, 1.82) is 0 Å². The third-order valence-corrected chi connectivity index (χ3v) is 7.10. The molecule has 0 unspecified atom stereocenters. The van der Waals surface area contributed by atoms with Crippen LogP contribution in [0.15, 0.2) is 150 Å². The lowest BCUT2D eigenvalue weighted by molar-refractivity contribution is 0.414. The molecular formula is C36H36N8O2.